The van der Waals surface area contributed by atoms with Crippen LogP contribution in [0.1, 0.15) is 16.8 Å². The first-order valence-corrected chi connectivity index (χ1v) is 12.0. The molecule has 4 N–H and O–H groups in total. The van der Waals surface area contributed by atoms with Gasteiger partial charge in [0.1, 0.15) is 6.04 Å². The van der Waals surface area contributed by atoms with E-state index in [1.807, 2.05) is 6.26 Å². The molecule has 1 atom stereocenters. The van der Waals surface area contributed by atoms with Crippen LogP contribution >= 0.6 is 35.0 Å². The van der Waals surface area contributed by atoms with Gasteiger partial charge in [0.05, 0.1) is 15.5 Å². The summed E-state index contributed by atoms with van der Waals surface area (Å²) < 4.78 is 22.6. The van der Waals surface area contributed by atoms with Crippen LogP contribution in [0, 0.1) is 0 Å². The van der Waals surface area contributed by atoms with Crippen molar-refractivity contribution in [2.75, 3.05) is 17.3 Å². The summed E-state index contributed by atoms with van der Waals surface area (Å²) in [5.74, 6) is -0.310. The van der Waals surface area contributed by atoms with Gasteiger partial charge >= 0.3 is 0 Å². The number of benzene rings is 2. The standard InChI is InChI=1S/C18H19Cl2N3O4S2/c1-28-9-8-16(23-17(24)14-7-2-11(19)10-15(14)20)18(25)22-12-3-5-13(6-4-12)29(21,26)27/h2-7,10,16H,8-9H2,1H3,(H,22,25)(H,23,24)(H2,21,26,27). The van der Waals surface area contributed by atoms with Crippen LogP contribution in [0.15, 0.2) is 47.4 Å². The summed E-state index contributed by atoms with van der Waals surface area (Å²) in [4.78, 5) is 25.2. The average Bonchev–Trinajstić information content (AvgIpc) is 2.64. The van der Waals surface area contributed by atoms with E-state index in [2.05, 4.69) is 10.6 Å². The highest BCUT2D eigenvalue weighted by atomic mass is 35.5. The summed E-state index contributed by atoms with van der Waals surface area (Å²) in [7, 11) is -3.82. The van der Waals surface area contributed by atoms with Gasteiger partial charge in [0.2, 0.25) is 15.9 Å². The predicted octanol–water partition coefficient (Wildman–Crippen LogP) is 3.13. The molecule has 1 unspecified atom stereocenters. The number of hydrogen-bond acceptors (Lipinski definition) is 5. The molecular weight excluding hydrogens is 457 g/mol. The van der Waals surface area contributed by atoms with Gasteiger partial charge in [-0.25, -0.2) is 13.6 Å². The fraction of sp³-hybridized carbons (Fsp3) is 0.222. The highest BCUT2D eigenvalue weighted by Gasteiger charge is 2.22. The number of sulfonamides is 1. The van der Waals surface area contributed by atoms with Crippen molar-refractivity contribution in [3.63, 3.8) is 0 Å². The predicted molar refractivity (Wildman–Crippen MR) is 117 cm³/mol. The zero-order valence-corrected chi connectivity index (χ0v) is 18.5. The number of hydrogen-bond donors (Lipinski definition) is 3. The summed E-state index contributed by atoms with van der Waals surface area (Å²) in [6, 6.07) is 9.05. The van der Waals surface area contributed by atoms with Crippen molar-refractivity contribution in [1.82, 2.24) is 5.32 Å². The molecule has 0 aliphatic carbocycles. The van der Waals surface area contributed by atoms with Crippen LogP contribution in [0.3, 0.4) is 0 Å². The molecule has 0 aromatic heterocycles. The maximum atomic E-state index is 12.7. The molecular formula is C18H19Cl2N3O4S2. The second-order valence-electron chi connectivity index (χ2n) is 5.99. The lowest BCUT2D eigenvalue weighted by atomic mass is 10.1. The summed E-state index contributed by atoms with van der Waals surface area (Å²) in [5.41, 5.74) is 0.575. The molecule has 2 aromatic rings. The number of carbonyl (C=O) groups excluding carboxylic acids is 2. The molecule has 2 aromatic carbocycles. The first-order chi connectivity index (χ1) is 13.6. The Bertz CT molecular complexity index is 999. The molecule has 0 saturated heterocycles. The lowest BCUT2D eigenvalue weighted by Gasteiger charge is -2.19. The molecule has 0 spiro atoms. The van der Waals surface area contributed by atoms with E-state index in [-0.39, 0.29) is 15.5 Å². The Balaban J connectivity index is 2.14. The van der Waals surface area contributed by atoms with Crippen LogP contribution in [0.25, 0.3) is 0 Å². The van der Waals surface area contributed by atoms with Crippen molar-refractivity contribution in [1.29, 1.82) is 0 Å². The Labute approximate surface area is 183 Å². The molecule has 0 saturated carbocycles. The maximum Gasteiger partial charge on any atom is 0.253 e. The minimum absolute atomic E-state index is 0.0693. The van der Waals surface area contributed by atoms with E-state index < -0.39 is 27.9 Å². The molecule has 156 valence electrons. The largest absolute Gasteiger partial charge is 0.340 e. The van der Waals surface area contributed by atoms with Gasteiger partial charge in [-0.3, -0.25) is 9.59 Å². The van der Waals surface area contributed by atoms with Crippen LogP contribution in [0.5, 0.6) is 0 Å². The zero-order valence-electron chi connectivity index (χ0n) is 15.3. The van der Waals surface area contributed by atoms with Crippen molar-refractivity contribution in [3.05, 3.63) is 58.1 Å². The number of amides is 2. The fourth-order valence-corrected chi connectivity index (χ4v) is 3.85. The molecule has 0 heterocycles. The van der Waals surface area contributed by atoms with Crippen molar-refractivity contribution in [2.24, 2.45) is 5.14 Å². The summed E-state index contributed by atoms with van der Waals surface area (Å²) in [6.07, 6.45) is 2.28. The minimum atomic E-state index is -3.82. The normalized spacial score (nSPS) is 12.3. The number of primary sulfonamides is 1. The number of nitrogens with two attached hydrogens (primary N) is 1. The zero-order chi connectivity index (χ0) is 21.6. The number of rotatable bonds is 8. The van der Waals surface area contributed by atoms with Crippen LogP contribution in [-0.2, 0) is 14.8 Å². The number of halogens is 2. The van der Waals surface area contributed by atoms with E-state index in [0.29, 0.717) is 22.9 Å². The van der Waals surface area contributed by atoms with E-state index in [0.717, 1.165) is 0 Å². The van der Waals surface area contributed by atoms with Crippen molar-refractivity contribution in [3.8, 4) is 0 Å². The van der Waals surface area contributed by atoms with Gasteiger partial charge in [0.15, 0.2) is 0 Å². The maximum absolute atomic E-state index is 12.7. The highest BCUT2D eigenvalue weighted by Crippen LogP contribution is 2.21. The van der Waals surface area contributed by atoms with Crippen LogP contribution in [0.2, 0.25) is 10.0 Å². The molecule has 2 rings (SSSR count). The quantitative estimate of drug-likeness (QED) is 0.541. The highest BCUT2D eigenvalue weighted by molar-refractivity contribution is 7.98. The summed E-state index contributed by atoms with van der Waals surface area (Å²) in [5, 5.41) is 11.0. The molecule has 29 heavy (non-hydrogen) atoms. The van der Waals surface area contributed by atoms with Crippen LogP contribution < -0.4 is 15.8 Å². The molecule has 11 heteroatoms. The molecule has 0 aliphatic heterocycles. The monoisotopic (exact) mass is 475 g/mol. The molecule has 2 amide bonds. The fourth-order valence-electron chi connectivity index (χ4n) is 2.37. The SMILES string of the molecule is CSCCC(NC(=O)c1ccc(Cl)cc1Cl)C(=O)Nc1ccc(S(N)(=O)=O)cc1. The van der Waals surface area contributed by atoms with E-state index in [9.17, 15) is 18.0 Å². The summed E-state index contributed by atoms with van der Waals surface area (Å²) >= 11 is 13.4. The van der Waals surface area contributed by atoms with Gasteiger partial charge in [-0.05, 0) is 60.9 Å². The Morgan fingerprint density at radius 1 is 1.14 bits per heavy atom. The Morgan fingerprint density at radius 3 is 2.34 bits per heavy atom. The first kappa shape index (κ1) is 23.5. The molecule has 0 aliphatic rings. The van der Waals surface area contributed by atoms with Crippen LogP contribution in [0.4, 0.5) is 5.69 Å². The number of thioether (sulfide) groups is 1. The van der Waals surface area contributed by atoms with Crippen molar-refractivity contribution < 1.29 is 18.0 Å². The average molecular weight is 476 g/mol. The smallest absolute Gasteiger partial charge is 0.253 e. The Kier molecular flexibility index (Phi) is 8.35. The third kappa shape index (κ3) is 6.90. The third-order valence-corrected chi connectivity index (χ3v) is 5.98. The van der Waals surface area contributed by atoms with Gasteiger partial charge in [0, 0.05) is 10.7 Å². The van der Waals surface area contributed by atoms with Crippen molar-refractivity contribution in [2.45, 2.75) is 17.4 Å². The van der Waals surface area contributed by atoms with E-state index >= 15 is 0 Å². The third-order valence-electron chi connectivity index (χ3n) is 3.86. The molecule has 0 fully saturated rings. The van der Waals surface area contributed by atoms with Gasteiger partial charge in [-0.15, -0.1) is 0 Å². The molecule has 0 radical (unpaired) electrons. The minimum Gasteiger partial charge on any atom is -0.340 e. The number of carbonyl (C=O) groups is 2. The second-order valence-corrected chi connectivity index (χ2v) is 9.38. The lowest BCUT2D eigenvalue weighted by molar-refractivity contribution is -0.118. The second kappa shape index (κ2) is 10.3. The number of anilines is 1. The summed E-state index contributed by atoms with van der Waals surface area (Å²) in [6.45, 7) is 0. The Morgan fingerprint density at radius 2 is 1.79 bits per heavy atom. The molecule has 7 nitrogen and oxygen atoms in total. The van der Waals surface area contributed by atoms with Gasteiger partial charge in [-0.2, -0.15) is 11.8 Å². The van der Waals surface area contributed by atoms with Gasteiger partial charge < -0.3 is 10.6 Å². The first-order valence-electron chi connectivity index (χ1n) is 8.30. The van der Waals surface area contributed by atoms with Gasteiger partial charge in [0.25, 0.3) is 5.91 Å². The van der Waals surface area contributed by atoms with E-state index in [1.54, 1.807) is 0 Å². The van der Waals surface area contributed by atoms with E-state index in [1.165, 1.54) is 54.2 Å². The van der Waals surface area contributed by atoms with Crippen LogP contribution in [-0.4, -0.2) is 38.3 Å². The van der Waals surface area contributed by atoms with E-state index in [4.69, 9.17) is 28.3 Å². The number of nitrogens with one attached hydrogen (secondary N) is 2. The topological polar surface area (TPSA) is 118 Å². The lowest BCUT2D eigenvalue weighted by Crippen LogP contribution is -2.44. The molecule has 0 bridgehead atoms. The van der Waals surface area contributed by atoms with Gasteiger partial charge in [-0.1, -0.05) is 23.2 Å². The Hall–Kier alpha value is -1.78. The van der Waals surface area contributed by atoms with Crippen molar-refractivity contribution >= 4 is 62.5 Å².